The first kappa shape index (κ1) is 40.1. The van der Waals surface area contributed by atoms with Crippen molar-refractivity contribution in [3.63, 3.8) is 0 Å². The Morgan fingerprint density at radius 3 is 1.24 bits per heavy atom. The van der Waals surface area contributed by atoms with Gasteiger partial charge in [0.2, 0.25) is 0 Å². The minimum absolute atomic E-state index is 0.110. The fourth-order valence-electron chi connectivity index (χ4n) is 11.7. The third-order valence-electron chi connectivity index (χ3n) is 15.2. The van der Waals surface area contributed by atoms with E-state index in [-0.39, 0.29) is 10.8 Å². The zero-order valence-corrected chi connectivity index (χ0v) is 38.8. The summed E-state index contributed by atoms with van der Waals surface area (Å²) in [4.78, 5) is 4.90. The van der Waals surface area contributed by atoms with Crippen molar-refractivity contribution in [3.05, 3.63) is 253 Å². The topological polar surface area (TPSA) is 6.48 Å². The van der Waals surface area contributed by atoms with Crippen LogP contribution in [0.25, 0.3) is 65.7 Å². The zero-order chi connectivity index (χ0) is 45.7. The predicted molar refractivity (Wildman–Crippen MR) is 289 cm³/mol. The normalized spacial score (nSPS) is 13.8. The van der Waals surface area contributed by atoms with E-state index >= 15 is 0 Å². The van der Waals surface area contributed by atoms with Gasteiger partial charge in [0, 0.05) is 44.7 Å². The van der Waals surface area contributed by atoms with Crippen LogP contribution in [0.4, 0.5) is 34.1 Å². The Labute approximate surface area is 399 Å². The Bertz CT molecular complexity index is 3820. The number of hydrogen-bond donors (Lipinski definition) is 0. The first-order valence-corrected chi connectivity index (χ1v) is 23.9. The molecule has 11 aromatic rings. The Hall–Kier alpha value is -8.20. The minimum Gasteiger partial charge on any atom is -0.310 e. The SMILES string of the molecule is CC1(C)c2ccccc2-c2ccc(N(c3ccc(-c4ccc(N(c5ccc6c(c5)C(C)(C)c5ccccc5-6)c5ccc6ccccc6c5)c5ccccc45)cc3)c3ccc4ccccc4c3)cc21. The maximum atomic E-state index is 2.47. The van der Waals surface area contributed by atoms with Crippen molar-refractivity contribution < 1.29 is 0 Å². The third-order valence-corrected chi connectivity index (χ3v) is 15.2. The van der Waals surface area contributed by atoms with Crippen molar-refractivity contribution in [1.82, 2.24) is 0 Å². The molecule has 0 aliphatic heterocycles. The van der Waals surface area contributed by atoms with Crippen molar-refractivity contribution in [3.8, 4) is 33.4 Å². The molecule has 0 saturated heterocycles. The van der Waals surface area contributed by atoms with Gasteiger partial charge in [-0.1, -0.05) is 191 Å². The monoisotopic (exact) mass is 870 g/mol. The van der Waals surface area contributed by atoms with E-state index in [9.17, 15) is 0 Å². The molecule has 0 heterocycles. The van der Waals surface area contributed by atoms with E-state index in [1.165, 1.54) is 88.0 Å². The Kier molecular flexibility index (Phi) is 8.95. The molecule has 0 bridgehead atoms. The summed E-state index contributed by atoms with van der Waals surface area (Å²) in [6, 6.07) is 85.7. The van der Waals surface area contributed by atoms with Gasteiger partial charge < -0.3 is 9.80 Å². The molecule has 0 N–H and O–H groups in total. The van der Waals surface area contributed by atoms with E-state index in [4.69, 9.17) is 0 Å². The minimum atomic E-state index is -0.123. The summed E-state index contributed by atoms with van der Waals surface area (Å²) in [7, 11) is 0. The molecule has 13 rings (SSSR count). The summed E-state index contributed by atoms with van der Waals surface area (Å²) >= 11 is 0. The highest BCUT2D eigenvalue weighted by Crippen LogP contribution is 2.53. The molecule has 0 spiro atoms. The van der Waals surface area contributed by atoms with Gasteiger partial charge in [0.05, 0.1) is 5.69 Å². The molecule has 0 aromatic heterocycles. The van der Waals surface area contributed by atoms with Crippen molar-refractivity contribution in [1.29, 1.82) is 0 Å². The first-order chi connectivity index (χ1) is 33.2. The standard InChI is InChI=1S/C66H50N2/c1-65(2)60-23-13-11-20-55(60)57-35-33-51(41-62(57)65)67(49-31-25-43-15-5-7-17-46(43)39-49)48-29-27-45(28-30-48)53-37-38-64(59-22-10-9-19-54(53)59)68(50-32-26-44-16-6-8-18-47(44)40-50)52-34-36-58-56-21-12-14-24-61(56)66(3,4)63(58)42-52/h5-42H,1-4H3. The Balaban J connectivity index is 0.933. The van der Waals surface area contributed by atoms with Crippen LogP contribution in [0.15, 0.2) is 231 Å². The molecule has 324 valence electrons. The van der Waals surface area contributed by atoms with Gasteiger partial charge in [-0.05, 0) is 149 Å². The molecule has 11 aromatic carbocycles. The molecule has 0 unspecified atom stereocenters. The molecule has 68 heavy (non-hydrogen) atoms. The second-order valence-electron chi connectivity index (χ2n) is 19.8. The van der Waals surface area contributed by atoms with Gasteiger partial charge in [-0.3, -0.25) is 0 Å². The van der Waals surface area contributed by atoms with Gasteiger partial charge in [-0.2, -0.15) is 0 Å². The summed E-state index contributed by atoms with van der Waals surface area (Å²) in [5, 5.41) is 7.32. The lowest BCUT2D eigenvalue weighted by Gasteiger charge is -2.30. The number of nitrogens with zero attached hydrogens (tertiary/aromatic N) is 2. The van der Waals surface area contributed by atoms with Gasteiger partial charge >= 0.3 is 0 Å². The largest absolute Gasteiger partial charge is 0.310 e. The lowest BCUT2D eigenvalue weighted by Crippen LogP contribution is -2.16. The molecule has 2 aliphatic rings. The Morgan fingerprint density at radius 2 is 0.662 bits per heavy atom. The van der Waals surface area contributed by atoms with Crippen LogP contribution in [0, 0.1) is 0 Å². The van der Waals surface area contributed by atoms with Crippen LogP contribution in [-0.2, 0) is 10.8 Å². The van der Waals surface area contributed by atoms with E-state index in [0.29, 0.717) is 0 Å². The molecule has 0 amide bonds. The van der Waals surface area contributed by atoms with Crippen LogP contribution in [0.1, 0.15) is 49.9 Å². The number of benzene rings is 11. The molecule has 2 nitrogen and oxygen atoms in total. The summed E-state index contributed by atoms with van der Waals surface area (Å²) in [6.45, 7) is 9.45. The fraction of sp³-hybridized carbons (Fsp3) is 0.0909. The summed E-state index contributed by atoms with van der Waals surface area (Å²) in [5.41, 5.74) is 19.8. The average Bonchev–Trinajstić information content (AvgIpc) is 3.75. The lowest BCUT2D eigenvalue weighted by molar-refractivity contribution is 0.660. The van der Waals surface area contributed by atoms with Crippen LogP contribution in [0.3, 0.4) is 0 Å². The van der Waals surface area contributed by atoms with Crippen molar-refractivity contribution in [2.45, 2.75) is 38.5 Å². The summed E-state index contributed by atoms with van der Waals surface area (Å²) < 4.78 is 0. The van der Waals surface area contributed by atoms with Crippen molar-refractivity contribution in [2.24, 2.45) is 0 Å². The van der Waals surface area contributed by atoms with Crippen molar-refractivity contribution >= 4 is 66.4 Å². The second kappa shape index (κ2) is 15.2. The molecule has 2 aliphatic carbocycles. The first-order valence-electron chi connectivity index (χ1n) is 23.9. The zero-order valence-electron chi connectivity index (χ0n) is 38.8. The lowest BCUT2D eigenvalue weighted by atomic mass is 9.82. The summed E-state index contributed by atoms with van der Waals surface area (Å²) in [5.74, 6) is 0. The quantitative estimate of drug-likeness (QED) is 0.157. The van der Waals surface area contributed by atoms with Gasteiger partial charge in [0.25, 0.3) is 0 Å². The summed E-state index contributed by atoms with van der Waals surface area (Å²) in [6.07, 6.45) is 0. The smallest absolute Gasteiger partial charge is 0.0540 e. The van der Waals surface area contributed by atoms with Gasteiger partial charge in [-0.15, -0.1) is 0 Å². The van der Waals surface area contributed by atoms with Crippen LogP contribution < -0.4 is 9.80 Å². The van der Waals surface area contributed by atoms with Crippen LogP contribution in [0.5, 0.6) is 0 Å². The maximum Gasteiger partial charge on any atom is 0.0540 e. The molecule has 0 saturated carbocycles. The van der Waals surface area contributed by atoms with Gasteiger partial charge in [0.15, 0.2) is 0 Å². The van der Waals surface area contributed by atoms with E-state index in [1.54, 1.807) is 0 Å². The highest BCUT2D eigenvalue weighted by molar-refractivity contribution is 6.07. The second-order valence-corrected chi connectivity index (χ2v) is 19.8. The number of anilines is 6. The molecule has 0 radical (unpaired) electrons. The van der Waals surface area contributed by atoms with Gasteiger partial charge in [0.1, 0.15) is 0 Å². The number of fused-ring (bicyclic) bond motifs is 9. The third kappa shape index (κ3) is 6.17. The van der Waals surface area contributed by atoms with Crippen LogP contribution in [-0.4, -0.2) is 0 Å². The van der Waals surface area contributed by atoms with E-state index in [0.717, 1.165) is 34.1 Å². The van der Waals surface area contributed by atoms with Crippen LogP contribution >= 0.6 is 0 Å². The van der Waals surface area contributed by atoms with Gasteiger partial charge in [-0.25, -0.2) is 0 Å². The highest BCUT2D eigenvalue weighted by atomic mass is 15.1. The Morgan fingerprint density at radius 1 is 0.265 bits per heavy atom. The fourth-order valence-corrected chi connectivity index (χ4v) is 11.7. The molecule has 0 atom stereocenters. The molecule has 0 fully saturated rings. The van der Waals surface area contributed by atoms with E-state index in [2.05, 4.69) is 268 Å². The average molecular weight is 871 g/mol. The van der Waals surface area contributed by atoms with E-state index in [1.807, 2.05) is 0 Å². The maximum absolute atomic E-state index is 2.47. The van der Waals surface area contributed by atoms with E-state index < -0.39 is 0 Å². The molecular weight excluding hydrogens is 821 g/mol. The van der Waals surface area contributed by atoms with Crippen molar-refractivity contribution in [2.75, 3.05) is 9.80 Å². The van der Waals surface area contributed by atoms with Crippen LogP contribution in [0.2, 0.25) is 0 Å². The number of hydrogen-bond acceptors (Lipinski definition) is 2. The highest BCUT2D eigenvalue weighted by Gasteiger charge is 2.37. The molecular formula is C66H50N2. The number of rotatable bonds is 7. The predicted octanol–water partition coefficient (Wildman–Crippen LogP) is 18.4. The molecule has 2 heteroatoms.